The van der Waals surface area contributed by atoms with E-state index in [1.807, 2.05) is 0 Å². The third-order valence-corrected chi connectivity index (χ3v) is 3.87. The first-order valence-corrected chi connectivity index (χ1v) is 6.87. The number of anilines is 1. The number of ether oxygens (including phenoxy) is 1. The van der Waals surface area contributed by atoms with Crippen LogP contribution in [0.15, 0.2) is 24.3 Å². The minimum Gasteiger partial charge on any atom is -0.452 e. The summed E-state index contributed by atoms with van der Waals surface area (Å²) in [6, 6.07) is 6.21. The van der Waals surface area contributed by atoms with E-state index in [1.54, 1.807) is 16.9 Å². The Bertz CT molecular complexity index is 583. The number of rotatable bonds is 4. The lowest BCUT2D eigenvalue weighted by Crippen LogP contribution is -2.41. The number of benzene rings is 1. The maximum absolute atomic E-state index is 11.8. The molecule has 1 rings (SSSR count). The minimum absolute atomic E-state index is 0.213. The fourth-order valence-corrected chi connectivity index (χ4v) is 2.16. The quantitative estimate of drug-likeness (QED) is 0.779. The van der Waals surface area contributed by atoms with Crippen molar-refractivity contribution in [3.05, 3.63) is 29.8 Å². The van der Waals surface area contributed by atoms with E-state index in [0.29, 0.717) is 11.3 Å². The Morgan fingerprint density at radius 1 is 1.37 bits per heavy atom. The molecular weight excluding hydrogens is 290 g/mol. The summed E-state index contributed by atoms with van der Waals surface area (Å²) in [5, 5.41) is 0. The first kappa shape index (κ1) is 15.2. The third kappa shape index (κ3) is 3.80. The highest BCUT2D eigenvalue weighted by Crippen LogP contribution is 2.16. The summed E-state index contributed by atoms with van der Waals surface area (Å²) in [6.45, 7) is 0. The smallest absolute Gasteiger partial charge is 0.422 e. The number of nitrogens with zero attached hydrogens (tertiary/aromatic N) is 1. The van der Waals surface area contributed by atoms with Crippen molar-refractivity contribution < 1.29 is 17.9 Å². The second-order valence-electron chi connectivity index (χ2n) is 3.48. The second kappa shape index (κ2) is 5.85. The Hall–Kier alpha value is -1.87. The zero-order chi connectivity index (χ0) is 14.6. The molecule has 7 nitrogen and oxygen atoms in total. The van der Waals surface area contributed by atoms with Crippen LogP contribution in [0.5, 0.6) is 0 Å². The van der Waals surface area contributed by atoms with Crippen LogP contribution in [0.25, 0.3) is 0 Å². The van der Waals surface area contributed by atoms with Gasteiger partial charge < -0.3 is 10.5 Å². The summed E-state index contributed by atoms with van der Waals surface area (Å²) in [5.41, 5.74) is 6.40. The molecule has 3 N–H and O–H groups in total. The molecule has 0 bridgehead atoms. The molecule has 0 aliphatic heterocycles. The maximum atomic E-state index is 11.8. The van der Waals surface area contributed by atoms with E-state index < -0.39 is 16.3 Å². The molecule has 0 aliphatic carbocycles. The molecule has 0 fully saturated rings. The summed E-state index contributed by atoms with van der Waals surface area (Å²) >= 11 is 4.79. The summed E-state index contributed by atoms with van der Waals surface area (Å²) in [4.78, 5) is 11.1. The number of carbonyl (C=O) groups is 1. The van der Waals surface area contributed by atoms with Crippen LogP contribution in [0.3, 0.4) is 0 Å². The molecule has 0 spiro atoms. The van der Waals surface area contributed by atoms with Crippen LogP contribution in [0.4, 0.5) is 10.5 Å². The van der Waals surface area contributed by atoms with E-state index in [0.717, 1.165) is 11.4 Å². The van der Waals surface area contributed by atoms with Gasteiger partial charge in [-0.05, 0) is 24.3 Å². The Morgan fingerprint density at radius 3 is 2.32 bits per heavy atom. The first-order chi connectivity index (χ1) is 8.77. The van der Waals surface area contributed by atoms with Crippen LogP contribution >= 0.6 is 12.2 Å². The van der Waals surface area contributed by atoms with Crippen molar-refractivity contribution in [2.24, 2.45) is 5.73 Å². The van der Waals surface area contributed by atoms with Gasteiger partial charge in [0.2, 0.25) is 0 Å². The van der Waals surface area contributed by atoms with Gasteiger partial charge in [0.05, 0.1) is 12.8 Å². The largest absolute Gasteiger partial charge is 0.452 e. The van der Waals surface area contributed by atoms with E-state index in [2.05, 4.69) is 4.74 Å². The number of hydrogen-bond acceptors (Lipinski definition) is 5. The number of methoxy groups -OCH3 is 1. The van der Waals surface area contributed by atoms with E-state index in [9.17, 15) is 13.2 Å². The van der Waals surface area contributed by atoms with E-state index in [1.165, 1.54) is 19.2 Å². The molecule has 1 amide bonds. The lowest BCUT2D eigenvalue weighted by molar-refractivity contribution is 0.177. The Kier molecular flexibility index (Phi) is 4.67. The monoisotopic (exact) mass is 303 g/mol. The number of nitrogens with one attached hydrogen (secondary N) is 1. The lowest BCUT2D eigenvalue weighted by atomic mass is 10.2. The summed E-state index contributed by atoms with van der Waals surface area (Å²) in [5.74, 6) is 0. The summed E-state index contributed by atoms with van der Waals surface area (Å²) in [6.07, 6.45) is -1.06. The van der Waals surface area contributed by atoms with Gasteiger partial charge in [-0.25, -0.2) is 9.52 Å². The molecule has 104 valence electrons. The predicted octanol–water partition coefficient (Wildman–Crippen LogP) is 0.358. The van der Waals surface area contributed by atoms with Gasteiger partial charge in [0.15, 0.2) is 0 Å². The molecular formula is C10H13N3O4S2. The van der Waals surface area contributed by atoms with Gasteiger partial charge in [-0.1, -0.05) is 12.2 Å². The van der Waals surface area contributed by atoms with Gasteiger partial charge in [-0.15, -0.1) is 0 Å². The number of carbonyl (C=O) groups excluding carboxylic acids is 1. The van der Waals surface area contributed by atoms with Crippen molar-refractivity contribution in [3.63, 3.8) is 0 Å². The molecule has 0 heterocycles. The number of nitrogens with two attached hydrogens (primary N) is 1. The fraction of sp³-hybridized carbons (Fsp3) is 0.200. The van der Waals surface area contributed by atoms with E-state index >= 15 is 0 Å². The number of amides is 1. The molecule has 0 aromatic heterocycles. The highest BCUT2D eigenvalue weighted by atomic mass is 32.2. The summed E-state index contributed by atoms with van der Waals surface area (Å²) < 4.78 is 30.4. The topological polar surface area (TPSA) is 102 Å². The SMILES string of the molecule is COC(=O)NS(=O)(=O)N(C)c1ccc(C(N)=S)cc1. The van der Waals surface area contributed by atoms with Crippen molar-refractivity contribution in [2.75, 3.05) is 18.5 Å². The molecule has 1 aromatic rings. The van der Waals surface area contributed by atoms with Gasteiger partial charge in [0, 0.05) is 12.6 Å². The molecule has 19 heavy (non-hydrogen) atoms. The molecule has 0 radical (unpaired) electrons. The maximum Gasteiger partial charge on any atom is 0.422 e. The molecule has 9 heteroatoms. The molecule has 0 aliphatic rings. The highest BCUT2D eigenvalue weighted by molar-refractivity contribution is 7.91. The first-order valence-electron chi connectivity index (χ1n) is 5.02. The van der Waals surface area contributed by atoms with Crippen LogP contribution in [0.1, 0.15) is 5.56 Å². The third-order valence-electron chi connectivity index (χ3n) is 2.27. The zero-order valence-electron chi connectivity index (χ0n) is 10.3. The van der Waals surface area contributed by atoms with Crippen molar-refractivity contribution in [1.82, 2.24) is 4.72 Å². The van der Waals surface area contributed by atoms with Crippen molar-refractivity contribution in [3.8, 4) is 0 Å². The van der Waals surface area contributed by atoms with Crippen LogP contribution in [-0.4, -0.2) is 33.7 Å². The van der Waals surface area contributed by atoms with Crippen molar-refractivity contribution >= 4 is 39.2 Å². The van der Waals surface area contributed by atoms with Gasteiger partial charge >= 0.3 is 16.3 Å². The van der Waals surface area contributed by atoms with E-state index in [-0.39, 0.29) is 4.99 Å². The molecule has 0 unspecified atom stereocenters. The van der Waals surface area contributed by atoms with Gasteiger partial charge in [-0.2, -0.15) is 8.42 Å². The van der Waals surface area contributed by atoms with Crippen LogP contribution in [0.2, 0.25) is 0 Å². The number of hydrogen-bond donors (Lipinski definition) is 2. The Balaban J connectivity index is 2.96. The molecule has 0 saturated carbocycles. The van der Waals surface area contributed by atoms with Crippen molar-refractivity contribution in [1.29, 1.82) is 0 Å². The van der Waals surface area contributed by atoms with Crippen LogP contribution < -0.4 is 14.8 Å². The number of thiocarbonyl (C=S) groups is 1. The second-order valence-corrected chi connectivity index (χ2v) is 5.62. The fourth-order valence-electron chi connectivity index (χ4n) is 1.19. The van der Waals surface area contributed by atoms with E-state index in [4.69, 9.17) is 18.0 Å². The Labute approximate surface area is 116 Å². The minimum atomic E-state index is -4.01. The van der Waals surface area contributed by atoms with Crippen LogP contribution in [0, 0.1) is 0 Å². The van der Waals surface area contributed by atoms with Gasteiger partial charge in [0.25, 0.3) is 0 Å². The average Bonchev–Trinajstić information content (AvgIpc) is 2.37. The van der Waals surface area contributed by atoms with Gasteiger partial charge in [-0.3, -0.25) is 4.31 Å². The molecule has 1 aromatic carbocycles. The zero-order valence-corrected chi connectivity index (χ0v) is 11.9. The Morgan fingerprint density at radius 2 is 1.89 bits per heavy atom. The molecule has 0 atom stereocenters. The average molecular weight is 303 g/mol. The van der Waals surface area contributed by atoms with Crippen LogP contribution in [-0.2, 0) is 14.9 Å². The predicted molar refractivity (Wildman–Crippen MR) is 75.2 cm³/mol. The summed E-state index contributed by atoms with van der Waals surface area (Å²) in [7, 11) is -1.65. The van der Waals surface area contributed by atoms with Crippen molar-refractivity contribution in [2.45, 2.75) is 0 Å². The highest BCUT2D eigenvalue weighted by Gasteiger charge is 2.21. The molecule has 0 saturated heterocycles. The standard InChI is InChI=1S/C10H13N3O4S2/c1-13(19(15,16)12-10(14)17-2)8-5-3-7(4-6-8)9(11)18/h3-6H,1-2H3,(H2,11,18)(H,12,14). The normalized spacial score (nSPS) is 10.6. The van der Waals surface area contributed by atoms with Gasteiger partial charge in [0.1, 0.15) is 4.99 Å². The lowest BCUT2D eigenvalue weighted by Gasteiger charge is -2.19.